The summed E-state index contributed by atoms with van der Waals surface area (Å²) in [6.07, 6.45) is 0.708. The van der Waals surface area contributed by atoms with Gasteiger partial charge >= 0.3 is 169 Å². The summed E-state index contributed by atoms with van der Waals surface area (Å²) in [7, 11) is -10.5. The first-order valence-corrected chi connectivity index (χ1v) is 21.1. The van der Waals surface area contributed by atoms with Crippen LogP contribution in [0.4, 0.5) is 18.9 Å². The molecule has 0 unspecified atom stereocenters. The fourth-order valence-corrected chi connectivity index (χ4v) is 10.2. The van der Waals surface area contributed by atoms with Crippen molar-refractivity contribution >= 4 is 43.1 Å². The molecule has 0 spiro atoms. The molecule has 48 heavy (non-hydrogen) atoms. The van der Waals surface area contributed by atoms with E-state index in [4.69, 9.17) is 11.6 Å². The Morgan fingerprint density at radius 1 is 0.938 bits per heavy atom. The Labute approximate surface area is 292 Å². The third kappa shape index (κ3) is 7.67. The zero-order valence-electron chi connectivity index (χ0n) is 25.3. The van der Waals surface area contributed by atoms with Gasteiger partial charge in [-0.3, -0.25) is 0 Å². The molecule has 0 bridgehead atoms. The molecule has 2 N–H and O–H groups in total. The number of amides is 1. The fourth-order valence-electron chi connectivity index (χ4n) is 5.58. The van der Waals surface area contributed by atoms with E-state index in [1.165, 1.54) is 17.1 Å². The van der Waals surface area contributed by atoms with Gasteiger partial charge in [0.2, 0.25) is 0 Å². The van der Waals surface area contributed by atoms with Gasteiger partial charge in [0.25, 0.3) is 0 Å². The van der Waals surface area contributed by atoms with Crippen molar-refractivity contribution in [2.75, 3.05) is 22.9 Å². The molecule has 1 saturated heterocycles. The van der Waals surface area contributed by atoms with Gasteiger partial charge in [0.05, 0.1) is 6.10 Å². The number of halogens is 5. The second kappa shape index (κ2) is 14.4. The quantitative estimate of drug-likeness (QED) is 0.197. The molecule has 0 aromatic heterocycles. The van der Waals surface area contributed by atoms with E-state index in [9.17, 15) is 39.9 Å². The van der Waals surface area contributed by atoms with Gasteiger partial charge in [0.1, 0.15) is 0 Å². The average Bonchev–Trinajstić information content (AvgIpc) is 3.07. The van der Waals surface area contributed by atoms with Gasteiger partial charge in [0.15, 0.2) is 0 Å². The van der Waals surface area contributed by atoms with Crippen molar-refractivity contribution < 1.29 is 61.1 Å². The molecule has 0 aliphatic carbocycles. The van der Waals surface area contributed by atoms with Gasteiger partial charge in [-0.2, -0.15) is 0 Å². The third-order valence-electron chi connectivity index (χ3n) is 8.15. The van der Waals surface area contributed by atoms with Crippen molar-refractivity contribution in [3.8, 4) is 11.1 Å². The Morgan fingerprint density at radius 2 is 1.56 bits per heavy atom. The zero-order valence-corrected chi connectivity index (χ0v) is 29.8. The van der Waals surface area contributed by atoms with Crippen LogP contribution in [0.2, 0.25) is 5.02 Å². The summed E-state index contributed by atoms with van der Waals surface area (Å²) in [5.41, 5.74) is -2.13. The summed E-state index contributed by atoms with van der Waals surface area (Å²) in [6, 6.07) is 23.8. The van der Waals surface area contributed by atoms with Gasteiger partial charge in [0, 0.05) is 18.1 Å². The first-order valence-electron chi connectivity index (χ1n) is 14.5. The molecule has 1 atom stereocenters. The topological polar surface area (TPSA) is 121 Å². The molecule has 0 radical (unpaired) electrons. The van der Waals surface area contributed by atoms with Gasteiger partial charge in [-0.05, 0) is 47.6 Å². The van der Waals surface area contributed by atoms with Crippen molar-refractivity contribution in [1.82, 2.24) is 4.72 Å². The van der Waals surface area contributed by atoms with Crippen LogP contribution in [0.5, 0.6) is 0 Å². The maximum absolute atomic E-state index is 13.3. The van der Waals surface area contributed by atoms with Gasteiger partial charge in [-0.25, -0.2) is 0 Å². The zero-order chi connectivity index (χ0) is 34.9. The number of hydrogen-bond donors (Lipinski definition) is 2. The molecule has 4 aromatic rings. The van der Waals surface area contributed by atoms with Crippen LogP contribution in [0.15, 0.2) is 101 Å². The number of sulfone groups is 1. The molecule has 1 aliphatic heterocycles. The number of rotatable bonds is 9. The third-order valence-corrected chi connectivity index (χ3v) is 13.7. The van der Waals surface area contributed by atoms with Crippen LogP contribution in [0.25, 0.3) is 11.1 Å². The number of aliphatic hydroxyl groups excluding tert-OH is 1. The number of alkyl halides is 4. The van der Waals surface area contributed by atoms with Crippen molar-refractivity contribution in [1.29, 1.82) is 0 Å². The predicted octanol–water partition coefficient (Wildman–Crippen LogP) is 3.26. The number of anilines is 1. The van der Waals surface area contributed by atoms with E-state index in [0.29, 0.717) is 37.0 Å². The van der Waals surface area contributed by atoms with E-state index < -0.39 is 68.4 Å². The molecule has 1 fully saturated rings. The SMILES string of the molecule is C[I-]c1ccc(S(=O)(=O)NC(=O)c2ccc(N3CCC([C@@H](O)c4ccccc4-c4ccc(Cl)cc4)CC3)cc2)cc1S(=O)(=O)C(F)(F)F. The fraction of sp³-hybridized carbons (Fsp3) is 0.242. The van der Waals surface area contributed by atoms with Crippen molar-refractivity contribution in [2.45, 2.75) is 34.2 Å². The molecular weight excluding hydrogens is 804 g/mol. The second-order valence-electron chi connectivity index (χ2n) is 11.1. The summed E-state index contributed by atoms with van der Waals surface area (Å²) in [5.74, 6) is -1.03. The van der Waals surface area contributed by atoms with Crippen LogP contribution in [-0.2, 0) is 19.9 Å². The van der Waals surface area contributed by atoms with Gasteiger partial charge in [-0.15, -0.1) is 0 Å². The maximum atomic E-state index is 13.3. The van der Waals surface area contributed by atoms with E-state index in [1.54, 1.807) is 12.1 Å². The number of carbonyl (C=O) groups excluding carboxylic acids is 1. The van der Waals surface area contributed by atoms with Crippen LogP contribution >= 0.6 is 11.6 Å². The average molecular weight is 834 g/mol. The number of piperidine rings is 1. The number of benzene rings is 4. The minimum atomic E-state index is -5.81. The van der Waals surface area contributed by atoms with Gasteiger partial charge in [-0.1, -0.05) is 48.0 Å². The van der Waals surface area contributed by atoms with E-state index in [1.807, 2.05) is 53.3 Å². The molecule has 4 aromatic carbocycles. The number of nitrogens with one attached hydrogen (secondary N) is 1. The van der Waals surface area contributed by atoms with Crippen LogP contribution in [0.1, 0.15) is 34.9 Å². The van der Waals surface area contributed by atoms with Crippen LogP contribution in [0, 0.1) is 9.49 Å². The summed E-state index contributed by atoms with van der Waals surface area (Å²) in [5, 5.41) is 12.0. The second-order valence-corrected chi connectivity index (χ2v) is 17.3. The monoisotopic (exact) mass is 833 g/mol. The van der Waals surface area contributed by atoms with Crippen molar-refractivity contribution in [3.05, 3.63) is 111 Å². The number of sulfonamides is 1. The van der Waals surface area contributed by atoms with Crippen LogP contribution in [0.3, 0.4) is 0 Å². The Balaban J connectivity index is 1.24. The Bertz CT molecular complexity index is 2020. The van der Waals surface area contributed by atoms with Crippen molar-refractivity contribution in [3.63, 3.8) is 0 Å². The summed E-state index contributed by atoms with van der Waals surface area (Å²) >= 11 is 4.90. The van der Waals surface area contributed by atoms with E-state index in [-0.39, 0.29) is 15.1 Å². The normalized spacial score (nSPS) is 15.3. The van der Waals surface area contributed by atoms with E-state index in [0.717, 1.165) is 34.5 Å². The first-order chi connectivity index (χ1) is 22.6. The minimum absolute atomic E-state index is 0.00448. The number of carbonyl (C=O) groups is 1. The number of hydrogen-bond acceptors (Lipinski definition) is 7. The molecular formula is C33H30ClF3IN2O6S2-. The van der Waals surface area contributed by atoms with Crippen LogP contribution < -0.4 is 30.8 Å². The summed E-state index contributed by atoms with van der Waals surface area (Å²) < 4.78 is 91.5. The Kier molecular flexibility index (Phi) is 10.8. The number of aliphatic hydroxyl groups is 1. The first kappa shape index (κ1) is 36.1. The van der Waals surface area contributed by atoms with E-state index >= 15 is 0 Å². The van der Waals surface area contributed by atoms with Gasteiger partial charge < -0.3 is 5.11 Å². The molecule has 1 aliphatic rings. The molecule has 5 rings (SSSR count). The molecule has 256 valence electrons. The molecule has 0 saturated carbocycles. The standard InChI is InChI=1S/C33H30ClF3IN2O6S2/c1-38-29-15-14-26(20-30(29)47(43,44)33(35,36)37)48(45,46)39-32(42)23-8-12-25(13-9-23)40-18-16-22(17-19-40)31(41)28-5-3-2-4-27(28)21-6-10-24(34)11-7-21/h2-15,20,22,31,41H,16-19H2,1H3,(H,39,42)/q-1/t31-/m1/s1. The summed E-state index contributed by atoms with van der Waals surface area (Å²) in [4.78, 5) is 14.6. The molecule has 1 heterocycles. The Hall–Kier alpha value is -3.18. The molecule has 15 heteroatoms. The Morgan fingerprint density at radius 3 is 2.17 bits per heavy atom. The summed E-state index contributed by atoms with van der Waals surface area (Å²) in [6.45, 7) is 1.26. The predicted molar refractivity (Wildman–Crippen MR) is 172 cm³/mol. The van der Waals surface area contributed by atoms with Crippen molar-refractivity contribution in [2.24, 2.45) is 5.92 Å². The molecule has 8 nitrogen and oxygen atoms in total. The number of nitrogens with zero attached hydrogens (tertiary/aromatic N) is 1. The van der Waals surface area contributed by atoms with E-state index in [2.05, 4.69) is 4.90 Å². The molecule has 1 amide bonds. The van der Waals surface area contributed by atoms with Crippen LogP contribution in [-0.4, -0.2) is 51.4 Å².